The maximum absolute atomic E-state index is 12.0. The molecule has 114 valence electrons. The van der Waals surface area contributed by atoms with Gasteiger partial charge < -0.3 is 21.1 Å². The second-order valence-electron chi connectivity index (χ2n) is 4.08. The third kappa shape index (κ3) is 4.66. The third-order valence-electron chi connectivity index (χ3n) is 2.55. The Balaban J connectivity index is 1.83. The summed E-state index contributed by atoms with van der Waals surface area (Å²) in [5, 5.41) is 9.41. The second-order valence-corrected chi connectivity index (χ2v) is 6.06. The topological polar surface area (TPSA) is 102 Å². The minimum atomic E-state index is -0.207. The summed E-state index contributed by atoms with van der Waals surface area (Å²) < 4.78 is 4.94. The Morgan fingerprint density at radius 3 is 3.05 bits per heavy atom. The fraction of sp³-hybridized carbons (Fsp3) is 0.417. The molecule has 0 aromatic carbocycles. The van der Waals surface area contributed by atoms with Gasteiger partial charge in [-0.1, -0.05) is 11.3 Å². The smallest absolute Gasteiger partial charge is 0.265 e. The van der Waals surface area contributed by atoms with Crippen LogP contribution in [0.2, 0.25) is 0 Å². The van der Waals surface area contributed by atoms with Gasteiger partial charge in [-0.15, -0.1) is 11.3 Å². The van der Waals surface area contributed by atoms with Crippen molar-refractivity contribution in [1.29, 1.82) is 0 Å². The summed E-state index contributed by atoms with van der Waals surface area (Å²) in [5.41, 5.74) is 5.77. The molecule has 0 atom stereocenters. The van der Waals surface area contributed by atoms with Crippen LogP contribution in [-0.2, 0) is 11.2 Å². The number of hydrogen-bond acceptors (Lipinski definition) is 8. The molecule has 0 aliphatic heterocycles. The van der Waals surface area contributed by atoms with Crippen LogP contribution in [0.1, 0.15) is 14.7 Å². The number of nitrogens with one attached hydrogen (secondary N) is 2. The van der Waals surface area contributed by atoms with Crippen molar-refractivity contribution in [2.24, 2.45) is 0 Å². The summed E-state index contributed by atoms with van der Waals surface area (Å²) in [5.74, 6) is 0.0352. The largest absolute Gasteiger partial charge is 0.383 e. The highest BCUT2D eigenvalue weighted by Gasteiger charge is 2.15. The van der Waals surface area contributed by atoms with E-state index >= 15 is 0 Å². The number of amides is 1. The Hall–Kier alpha value is -1.71. The van der Waals surface area contributed by atoms with Crippen LogP contribution in [0.3, 0.4) is 0 Å². The van der Waals surface area contributed by atoms with E-state index in [0.29, 0.717) is 36.1 Å². The number of hydrogen-bond donors (Lipinski definition) is 3. The molecule has 2 aromatic rings. The lowest BCUT2D eigenvalue weighted by atomic mass is 10.4. The maximum Gasteiger partial charge on any atom is 0.265 e. The predicted molar refractivity (Wildman–Crippen MR) is 85.0 cm³/mol. The van der Waals surface area contributed by atoms with E-state index in [0.717, 1.165) is 5.01 Å². The van der Waals surface area contributed by atoms with Crippen molar-refractivity contribution in [2.45, 2.75) is 6.42 Å². The number of nitrogens with two attached hydrogens (primary N) is 1. The molecule has 2 heterocycles. The molecule has 0 saturated carbocycles. The number of carbonyl (C=O) groups is 1. The number of methoxy groups -OCH3 is 1. The van der Waals surface area contributed by atoms with Gasteiger partial charge in [-0.3, -0.25) is 4.79 Å². The summed E-state index contributed by atoms with van der Waals surface area (Å²) in [6.45, 7) is 1.71. The lowest BCUT2D eigenvalue weighted by molar-refractivity contribution is 0.0959. The molecule has 7 nitrogen and oxygen atoms in total. The van der Waals surface area contributed by atoms with E-state index in [1.165, 1.54) is 11.3 Å². The van der Waals surface area contributed by atoms with Crippen LogP contribution in [0.25, 0.3) is 0 Å². The van der Waals surface area contributed by atoms with E-state index in [1.54, 1.807) is 24.6 Å². The maximum atomic E-state index is 12.0. The van der Waals surface area contributed by atoms with Gasteiger partial charge in [0.25, 0.3) is 5.91 Å². The first kappa shape index (κ1) is 15.7. The molecule has 0 bridgehead atoms. The highest BCUT2D eigenvalue weighted by molar-refractivity contribution is 7.18. The molecular formula is C12H17N5O2S2. The molecule has 4 N–H and O–H groups in total. The quantitative estimate of drug-likeness (QED) is 0.630. The zero-order valence-electron chi connectivity index (χ0n) is 11.6. The van der Waals surface area contributed by atoms with Gasteiger partial charge in [0.2, 0.25) is 0 Å². The van der Waals surface area contributed by atoms with Crippen molar-refractivity contribution < 1.29 is 9.53 Å². The molecule has 0 saturated heterocycles. The molecule has 0 aliphatic rings. The SMILES string of the molecule is COCCNc1nc(N)c(C(=O)NCCc2nccs2)s1. The number of aromatic nitrogens is 2. The summed E-state index contributed by atoms with van der Waals surface area (Å²) >= 11 is 2.81. The Morgan fingerprint density at radius 1 is 1.48 bits per heavy atom. The summed E-state index contributed by atoms with van der Waals surface area (Å²) in [6.07, 6.45) is 2.46. The standard InChI is InChI=1S/C12H17N5O2S2/c1-19-6-4-16-12-17-10(13)9(21-12)11(18)15-3-2-8-14-5-7-20-8/h5,7H,2-4,6,13H2,1H3,(H,15,18)(H,16,17). The zero-order valence-corrected chi connectivity index (χ0v) is 13.2. The van der Waals surface area contributed by atoms with Gasteiger partial charge in [-0.05, 0) is 0 Å². The zero-order chi connectivity index (χ0) is 15.1. The van der Waals surface area contributed by atoms with Crippen molar-refractivity contribution in [3.63, 3.8) is 0 Å². The van der Waals surface area contributed by atoms with Gasteiger partial charge in [0.05, 0.1) is 11.6 Å². The summed E-state index contributed by atoms with van der Waals surface area (Å²) in [6, 6.07) is 0. The van der Waals surface area contributed by atoms with E-state index in [9.17, 15) is 4.79 Å². The lowest BCUT2D eigenvalue weighted by Crippen LogP contribution is -2.25. The minimum absolute atomic E-state index is 0.207. The van der Waals surface area contributed by atoms with Crippen LogP contribution in [-0.4, -0.2) is 42.7 Å². The van der Waals surface area contributed by atoms with Crippen molar-refractivity contribution in [3.05, 3.63) is 21.5 Å². The van der Waals surface area contributed by atoms with Gasteiger partial charge in [0.1, 0.15) is 10.7 Å². The average molecular weight is 327 g/mol. The third-order valence-corrected chi connectivity index (χ3v) is 4.42. The van der Waals surface area contributed by atoms with Crippen LogP contribution in [0.15, 0.2) is 11.6 Å². The number of nitrogen functional groups attached to an aromatic ring is 1. The molecule has 2 aromatic heterocycles. The molecule has 0 aliphatic carbocycles. The number of thiazole rings is 2. The van der Waals surface area contributed by atoms with Crippen LogP contribution >= 0.6 is 22.7 Å². The van der Waals surface area contributed by atoms with Crippen molar-refractivity contribution in [1.82, 2.24) is 15.3 Å². The predicted octanol–water partition coefficient (Wildman–Crippen LogP) is 1.21. The second kappa shape index (κ2) is 7.91. The monoisotopic (exact) mass is 327 g/mol. The molecule has 2 rings (SSSR count). The Labute approximate surface area is 130 Å². The highest BCUT2D eigenvalue weighted by Crippen LogP contribution is 2.24. The highest BCUT2D eigenvalue weighted by atomic mass is 32.1. The van der Waals surface area contributed by atoms with E-state index in [4.69, 9.17) is 10.5 Å². The van der Waals surface area contributed by atoms with Gasteiger partial charge in [-0.25, -0.2) is 9.97 Å². The number of carbonyl (C=O) groups excluding carboxylic acids is 1. The normalized spacial score (nSPS) is 10.5. The molecule has 0 spiro atoms. The van der Waals surface area contributed by atoms with Crippen LogP contribution in [0.4, 0.5) is 10.9 Å². The van der Waals surface area contributed by atoms with Crippen LogP contribution in [0.5, 0.6) is 0 Å². The van der Waals surface area contributed by atoms with Crippen LogP contribution < -0.4 is 16.4 Å². The molecule has 0 radical (unpaired) electrons. The number of rotatable bonds is 8. The Kier molecular flexibility index (Phi) is 5.90. The Morgan fingerprint density at radius 2 is 2.33 bits per heavy atom. The molecule has 0 unspecified atom stereocenters. The lowest BCUT2D eigenvalue weighted by Gasteiger charge is -2.02. The van der Waals surface area contributed by atoms with Crippen LogP contribution in [0, 0.1) is 0 Å². The first-order valence-electron chi connectivity index (χ1n) is 6.36. The minimum Gasteiger partial charge on any atom is -0.383 e. The number of anilines is 2. The van der Waals surface area contributed by atoms with Gasteiger partial charge in [0, 0.05) is 38.2 Å². The van der Waals surface area contributed by atoms with Crippen molar-refractivity contribution >= 4 is 39.5 Å². The van der Waals surface area contributed by atoms with E-state index in [1.807, 2.05) is 5.38 Å². The fourth-order valence-electron chi connectivity index (χ4n) is 1.57. The number of ether oxygens (including phenoxy) is 1. The van der Waals surface area contributed by atoms with E-state index in [-0.39, 0.29) is 11.7 Å². The molecule has 1 amide bonds. The van der Waals surface area contributed by atoms with E-state index < -0.39 is 0 Å². The first-order valence-corrected chi connectivity index (χ1v) is 8.06. The fourth-order valence-corrected chi connectivity index (χ4v) is 3.02. The van der Waals surface area contributed by atoms with Gasteiger partial charge in [0.15, 0.2) is 5.13 Å². The molecule has 21 heavy (non-hydrogen) atoms. The van der Waals surface area contributed by atoms with Crippen molar-refractivity contribution in [3.8, 4) is 0 Å². The van der Waals surface area contributed by atoms with E-state index in [2.05, 4.69) is 20.6 Å². The average Bonchev–Trinajstić information content (AvgIpc) is 3.09. The Bertz CT molecular complexity index is 570. The summed E-state index contributed by atoms with van der Waals surface area (Å²) in [7, 11) is 1.62. The first-order chi connectivity index (χ1) is 10.2. The number of nitrogens with zero attached hydrogens (tertiary/aromatic N) is 2. The molecule has 0 fully saturated rings. The summed E-state index contributed by atoms with van der Waals surface area (Å²) in [4.78, 5) is 20.8. The van der Waals surface area contributed by atoms with Gasteiger partial charge >= 0.3 is 0 Å². The van der Waals surface area contributed by atoms with Gasteiger partial charge in [-0.2, -0.15) is 0 Å². The molecular weight excluding hydrogens is 310 g/mol. The van der Waals surface area contributed by atoms with Crippen molar-refractivity contribution in [2.75, 3.05) is 37.9 Å². The molecule has 9 heteroatoms.